The summed E-state index contributed by atoms with van der Waals surface area (Å²) in [7, 11) is -12.9. The topological polar surface area (TPSA) is 92.3 Å². The first-order chi connectivity index (χ1) is 19.9. The SMILES string of the molecule is C[Si]1O[Si](C)O[Si](C)(CCCOc2ccc(OCCC[Si]3(C)O[Si](C)O[Si](C)O[Si](C)O3)c3ccccc23)O[Si](C)O1. The predicted molar refractivity (Wildman–Crippen MR) is 175 cm³/mol. The minimum Gasteiger partial charge on any atom is -0.493 e. The molecule has 230 valence electrons. The maximum Gasteiger partial charge on any atom is 0.362 e. The third-order valence-corrected chi connectivity index (χ3v) is 29.7. The lowest BCUT2D eigenvalue weighted by atomic mass is 10.1. The van der Waals surface area contributed by atoms with Gasteiger partial charge in [0, 0.05) is 10.8 Å². The molecule has 0 amide bonds. The van der Waals surface area contributed by atoms with Crippen molar-refractivity contribution >= 4 is 83.6 Å². The van der Waals surface area contributed by atoms with Crippen LogP contribution in [0, 0.1) is 0 Å². The molecule has 0 spiro atoms. The van der Waals surface area contributed by atoms with Gasteiger partial charge in [0.1, 0.15) is 11.5 Å². The van der Waals surface area contributed by atoms with Crippen LogP contribution in [-0.2, 0) is 32.9 Å². The molecule has 2 aliphatic heterocycles. The van der Waals surface area contributed by atoms with Gasteiger partial charge in [-0.3, -0.25) is 0 Å². The first-order valence-electron chi connectivity index (χ1n) is 14.2. The zero-order valence-electron chi connectivity index (χ0n) is 25.8. The molecule has 10 nitrogen and oxygen atoms in total. The van der Waals surface area contributed by atoms with Crippen LogP contribution in [0.4, 0.5) is 0 Å². The lowest BCUT2D eigenvalue weighted by Crippen LogP contribution is -2.53. The molecule has 4 rings (SSSR count). The van der Waals surface area contributed by atoms with E-state index < -0.39 is 72.8 Å². The average Bonchev–Trinajstić information content (AvgIpc) is 2.87. The molecule has 0 atom stereocenters. The van der Waals surface area contributed by atoms with E-state index in [1.54, 1.807) is 0 Å². The molecule has 2 saturated heterocycles. The highest BCUT2D eigenvalue weighted by Gasteiger charge is 2.41. The smallest absolute Gasteiger partial charge is 0.362 e. The molecule has 2 aliphatic rings. The normalized spacial score (nSPS) is 22.4. The van der Waals surface area contributed by atoms with E-state index in [2.05, 4.69) is 25.2 Å². The van der Waals surface area contributed by atoms with E-state index in [1.807, 2.05) is 63.5 Å². The van der Waals surface area contributed by atoms with Gasteiger partial charge in [0.05, 0.1) is 13.2 Å². The number of ether oxygens (including phenoxy) is 2. The summed E-state index contributed by atoms with van der Waals surface area (Å²) in [5.41, 5.74) is 0. The number of hydrogen-bond donors (Lipinski definition) is 0. The lowest BCUT2D eigenvalue weighted by molar-refractivity contribution is 0.264. The molecule has 0 saturated carbocycles. The van der Waals surface area contributed by atoms with Crippen molar-refractivity contribution in [1.82, 2.24) is 0 Å². The van der Waals surface area contributed by atoms with E-state index in [4.69, 9.17) is 42.4 Å². The van der Waals surface area contributed by atoms with E-state index in [0.29, 0.717) is 13.2 Å². The fourth-order valence-corrected chi connectivity index (χ4v) is 28.8. The van der Waals surface area contributed by atoms with Gasteiger partial charge in [-0.25, -0.2) is 0 Å². The van der Waals surface area contributed by atoms with E-state index in [9.17, 15) is 0 Å². The van der Waals surface area contributed by atoms with Gasteiger partial charge in [-0.1, -0.05) is 24.3 Å². The van der Waals surface area contributed by atoms with Gasteiger partial charge in [0.15, 0.2) is 0 Å². The Kier molecular flexibility index (Phi) is 13.0. The molecular formula is C24H42O10Si8. The molecular weight excluding hydrogens is 673 g/mol. The molecule has 2 aromatic carbocycles. The fourth-order valence-electron chi connectivity index (χ4n) is 5.04. The Labute approximate surface area is 263 Å². The van der Waals surface area contributed by atoms with Crippen LogP contribution in [0.1, 0.15) is 12.8 Å². The van der Waals surface area contributed by atoms with Gasteiger partial charge >= 0.3 is 72.8 Å². The second-order valence-electron chi connectivity index (χ2n) is 10.5. The first-order valence-corrected chi connectivity index (χ1v) is 30.1. The molecule has 0 unspecified atom stereocenters. The first kappa shape index (κ1) is 34.6. The molecule has 42 heavy (non-hydrogen) atoms. The van der Waals surface area contributed by atoms with Crippen LogP contribution >= 0.6 is 0 Å². The maximum atomic E-state index is 6.35. The summed E-state index contributed by atoms with van der Waals surface area (Å²) < 4.78 is 61.8. The molecule has 0 N–H and O–H groups in total. The Balaban J connectivity index is 1.30. The van der Waals surface area contributed by atoms with Crippen molar-refractivity contribution in [3.8, 4) is 11.5 Å². The molecule has 0 aliphatic carbocycles. The molecule has 2 aromatic rings. The van der Waals surface area contributed by atoms with Crippen LogP contribution in [0.5, 0.6) is 11.5 Å². The molecule has 2 fully saturated rings. The minimum atomic E-state index is -2.40. The number of fused-ring (bicyclic) bond motifs is 1. The second kappa shape index (κ2) is 15.8. The second-order valence-corrected chi connectivity index (χ2v) is 28.5. The van der Waals surface area contributed by atoms with Crippen LogP contribution in [-0.4, -0.2) is 86.0 Å². The third kappa shape index (κ3) is 10.4. The average molecular weight is 715 g/mol. The van der Waals surface area contributed by atoms with Gasteiger partial charge in [-0.15, -0.1) is 0 Å². The highest BCUT2D eigenvalue weighted by molar-refractivity contribution is 6.82. The standard InChI is InChI=1S/C24H42O10Si8/c1-35-27-37(3)31-41(7,32-38(4)28-35)19-11-17-25-23-15-16-24(22-14-10-9-13-21(22)23)26-18-12-20-42(8)33-39(5)29-36(2)30-40(6)34-42/h9-10,13-16H,11-12,17-20H2,1-8H3. The van der Waals surface area contributed by atoms with Crippen molar-refractivity contribution in [2.24, 2.45) is 0 Å². The van der Waals surface area contributed by atoms with Crippen molar-refractivity contribution in [3.63, 3.8) is 0 Å². The zero-order valence-corrected chi connectivity index (χ0v) is 33.8. The Morgan fingerprint density at radius 2 is 0.857 bits per heavy atom. The fraction of sp³-hybridized carbons (Fsp3) is 0.583. The summed E-state index contributed by atoms with van der Waals surface area (Å²) in [4.78, 5) is 0. The molecule has 0 aromatic heterocycles. The Bertz CT molecular complexity index is 1040. The van der Waals surface area contributed by atoms with Crippen LogP contribution in [0.3, 0.4) is 0 Å². The van der Waals surface area contributed by atoms with Gasteiger partial charge in [-0.05, 0) is 89.4 Å². The van der Waals surface area contributed by atoms with Crippen molar-refractivity contribution in [2.45, 2.75) is 77.3 Å². The highest BCUT2D eigenvalue weighted by Crippen LogP contribution is 2.34. The minimum absolute atomic E-state index is 0.570. The van der Waals surface area contributed by atoms with Crippen LogP contribution in [0.25, 0.3) is 10.8 Å². The summed E-state index contributed by atoms with van der Waals surface area (Å²) in [5, 5.41) is 2.07. The van der Waals surface area contributed by atoms with Crippen LogP contribution in [0.15, 0.2) is 36.4 Å². The van der Waals surface area contributed by atoms with Crippen molar-refractivity contribution in [1.29, 1.82) is 0 Å². The highest BCUT2D eigenvalue weighted by atomic mass is 28.5. The third-order valence-electron chi connectivity index (χ3n) is 6.50. The Hall–Kier alpha value is -0.285. The maximum absolute atomic E-state index is 6.35. The quantitative estimate of drug-likeness (QED) is 0.236. The molecule has 2 heterocycles. The molecule has 6 radical (unpaired) electrons. The van der Waals surface area contributed by atoms with Crippen molar-refractivity contribution in [2.75, 3.05) is 13.2 Å². The van der Waals surface area contributed by atoms with Gasteiger partial charge in [0.2, 0.25) is 0 Å². The van der Waals surface area contributed by atoms with E-state index >= 15 is 0 Å². The summed E-state index contributed by atoms with van der Waals surface area (Å²) in [5.74, 6) is 1.69. The summed E-state index contributed by atoms with van der Waals surface area (Å²) in [6.45, 7) is 17.4. The number of hydrogen-bond acceptors (Lipinski definition) is 10. The van der Waals surface area contributed by atoms with E-state index in [-0.39, 0.29) is 0 Å². The van der Waals surface area contributed by atoms with E-state index in [0.717, 1.165) is 47.2 Å². The number of rotatable bonds is 10. The van der Waals surface area contributed by atoms with Gasteiger partial charge < -0.3 is 42.4 Å². The predicted octanol–water partition coefficient (Wildman–Crippen LogP) is 5.39. The Morgan fingerprint density at radius 3 is 1.19 bits per heavy atom. The van der Waals surface area contributed by atoms with Gasteiger partial charge in [-0.2, -0.15) is 0 Å². The van der Waals surface area contributed by atoms with Crippen molar-refractivity contribution in [3.05, 3.63) is 36.4 Å². The largest absolute Gasteiger partial charge is 0.493 e. The van der Waals surface area contributed by atoms with Crippen LogP contribution < -0.4 is 9.47 Å². The van der Waals surface area contributed by atoms with E-state index in [1.165, 1.54) is 0 Å². The monoisotopic (exact) mass is 714 g/mol. The number of benzene rings is 2. The zero-order chi connectivity index (χ0) is 30.3. The summed E-state index contributed by atoms with van der Waals surface area (Å²) in [6, 6.07) is 13.9. The van der Waals surface area contributed by atoms with Gasteiger partial charge in [0.25, 0.3) is 0 Å². The molecule has 18 heteroatoms. The molecule has 0 bridgehead atoms. The summed E-state index contributed by atoms with van der Waals surface area (Å²) in [6.07, 6.45) is 1.66. The van der Waals surface area contributed by atoms with Crippen LogP contribution in [0.2, 0.25) is 64.5 Å². The Morgan fingerprint density at radius 1 is 0.524 bits per heavy atom. The summed E-state index contributed by atoms with van der Waals surface area (Å²) >= 11 is 0. The van der Waals surface area contributed by atoms with Crippen molar-refractivity contribution < 1.29 is 42.4 Å². The lowest BCUT2D eigenvalue weighted by Gasteiger charge is -2.35.